The number of hydrogen-bond donors (Lipinski definition) is 0. The fraction of sp³-hybridized carbons (Fsp3) is 0.500. The molecule has 0 atom stereocenters. The molecule has 0 amide bonds. The molecule has 3 heteroatoms. The van der Waals surface area contributed by atoms with Crippen molar-refractivity contribution in [1.82, 2.24) is 0 Å². The van der Waals surface area contributed by atoms with Crippen LogP contribution in [-0.2, 0) is 11.3 Å². The summed E-state index contributed by atoms with van der Waals surface area (Å²) in [5, 5.41) is 0. The number of hydrogen-bond acceptors (Lipinski definition) is 2. The average molecular weight is 315 g/mol. The van der Waals surface area contributed by atoms with E-state index >= 15 is 0 Å². The second-order valence-electron chi connectivity index (χ2n) is 4.90. The van der Waals surface area contributed by atoms with Gasteiger partial charge in [-0.3, -0.25) is 0 Å². The Morgan fingerprint density at radius 2 is 1.67 bits per heavy atom. The van der Waals surface area contributed by atoms with Crippen LogP contribution in [0.2, 0.25) is 14.8 Å². The predicted molar refractivity (Wildman–Crippen MR) is 66.0 cm³/mol. The van der Waals surface area contributed by atoms with E-state index in [2.05, 4.69) is 27.0 Å². The molecule has 1 rings (SSSR count). The van der Waals surface area contributed by atoms with Crippen LogP contribution in [0.25, 0.3) is 0 Å². The van der Waals surface area contributed by atoms with Gasteiger partial charge in [0.15, 0.2) is 0 Å². The van der Waals surface area contributed by atoms with E-state index < -0.39 is 18.4 Å². The third-order valence-corrected chi connectivity index (χ3v) is 5.02. The van der Waals surface area contributed by atoms with Gasteiger partial charge in [0, 0.05) is 0 Å². The molecule has 0 aliphatic heterocycles. The number of rotatable bonds is 5. The first-order chi connectivity index (χ1) is 7.01. The molecule has 0 radical (unpaired) electrons. The minimum absolute atomic E-state index is 0.720. The Morgan fingerprint density at radius 3 is 2.13 bits per heavy atom. The van der Waals surface area contributed by atoms with Gasteiger partial charge in [-0.15, -0.1) is 0 Å². The third-order valence-electron chi connectivity index (χ3n) is 1.96. The van der Waals surface area contributed by atoms with Gasteiger partial charge < -0.3 is 0 Å². The third kappa shape index (κ3) is 5.42. The van der Waals surface area contributed by atoms with Gasteiger partial charge >= 0.3 is 96.6 Å². The molecule has 0 aliphatic carbocycles. The molecule has 0 aromatic heterocycles. The summed E-state index contributed by atoms with van der Waals surface area (Å²) >= 11 is -1.74. The van der Waals surface area contributed by atoms with Crippen molar-refractivity contribution in [2.24, 2.45) is 0 Å². The zero-order valence-electron chi connectivity index (χ0n) is 10.0. The van der Waals surface area contributed by atoms with E-state index in [4.69, 9.17) is 9.47 Å². The average Bonchev–Trinajstić information content (AvgIpc) is 2.17. The van der Waals surface area contributed by atoms with Crippen molar-refractivity contribution in [3.63, 3.8) is 0 Å². The summed E-state index contributed by atoms with van der Waals surface area (Å²) in [6.45, 7) is 0.720. The van der Waals surface area contributed by atoms with Gasteiger partial charge in [-0.1, -0.05) is 0 Å². The molecular formula is C12H20O2Sn. The van der Waals surface area contributed by atoms with Crippen molar-refractivity contribution in [2.45, 2.75) is 21.4 Å². The Balaban J connectivity index is 2.38. The number of ether oxygens (including phenoxy) is 2. The first-order valence-electron chi connectivity index (χ1n) is 5.22. The van der Waals surface area contributed by atoms with E-state index in [1.54, 1.807) is 7.11 Å². The zero-order chi connectivity index (χ0) is 11.3. The van der Waals surface area contributed by atoms with Gasteiger partial charge in [-0.2, -0.15) is 0 Å². The van der Waals surface area contributed by atoms with Crippen molar-refractivity contribution in [3.05, 3.63) is 29.8 Å². The Hall–Kier alpha value is -0.221. The van der Waals surface area contributed by atoms with Gasteiger partial charge in [-0.25, -0.2) is 0 Å². The number of benzene rings is 1. The van der Waals surface area contributed by atoms with Crippen LogP contribution >= 0.6 is 0 Å². The molecule has 0 fully saturated rings. The summed E-state index contributed by atoms with van der Waals surface area (Å²) in [5.74, 6) is 0.897. The van der Waals surface area contributed by atoms with Crippen LogP contribution in [0.15, 0.2) is 24.3 Å². The molecule has 0 aliphatic rings. The molecule has 0 spiro atoms. The summed E-state index contributed by atoms with van der Waals surface area (Å²) in [7, 11) is 1.68. The Bertz CT molecular complexity index is 287. The van der Waals surface area contributed by atoms with Crippen LogP contribution < -0.4 is 4.74 Å². The summed E-state index contributed by atoms with van der Waals surface area (Å²) in [5.41, 5.74) is 1.21. The van der Waals surface area contributed by atoms with Crippen molar-refractivity contribution in [1.29, 1.82) is 0 Å². The van der Waals surface area contributed by atoms with E-state index in [1.807, 2.05) is 12.1 Å². The quantitative estimate of drug-likeness (QED) is 0.778. The van der Waals surface area contributed by atoms with Crippen LogP contribution in [0, 0.1) is 0 Å². The van der Waals surface area contributed by atoms with Crippen LogP contribution in [0.3, 0.4) is 0 Å². The minimum atomic E-state index is -1.74. The molecule has 0 heterocycles. The van der Waals surface area contributed by atoms with Gasteiger partial charge in [0.2, 0.25) is 0 Å². The van der Waals surface area contributed by atoms with Crippen LogP contribution in [0.5, 0.6) is 5.75 Å². The second kappa shape index (κ2) is 5.75. The predicted octanol–water partition coefficient (Wildman–Crippen LogP) is 3.09. The SMILES string of the molecule is COc1ccc(CO[CH2][Sn]([CH3])([CH3])[CH3])cc1. The van der Waals surface area contributed by atoms with E-state index in [0.29, 0.717) is 0 Å². The monoisotopic (exact) mass is 316 g/mol. The zero-order valence-corrected chi connectivity index (χ0v) is 12.9. The summed E-state index contributed by atoms with van der Waals surface area (Å²) in [6, 6.07) is 8.05. The molecular weight excluding hydrogens is 295 g/mol. The van der Waals surface area contributed by atoms with Gasteiger partial charge in [0.1, 0.15) is 0 Å². The number of methoxy groups -OCH3 is 1. The first kappa shape index (κ1) is 12.8. The summed E-state index contributed by atoms with van der Waals surface area (Å²) in [4.78, 5) is 7.13. The van der Waals surface area contributed by atoms with E-state index in [-0.39, 0.29) is 0 Å². The molecule has 0 N–H and O–H groups in total. The topological polar surface area (TPSA) is 18.5 Å². The van der Waals surface area contributed by atoms with Crippen molar-refractivity contribution < 1.29 is 9.47 Å². The Morgan fingerprint density at radius 1 is 1.07 bits per heavy atom. The Labute approximate surface area is 96.5 Å². The fourth-order valence-electron chi connectivity index (χ4n) is 1.20. The van der Waals surface area contributed by atoms with E-state index in [9.17, 15) is 0 Å². The first-order valence-corrected chi connectivity index (χ1v) is 15.8. The second-order valence-corrected chi connectivity index (χ2v) is 20.3. The van der Waals surface area contributed by atoms with Gasteiger partial charge in [-0.05, 0) is 0 Å². The molecule has 84 valence electrons. The molecule has 2 nitrogen and oxygen atoms in total. The molecule has 0 saturated carbocycles. The Kier molecular flexibility index (Phi) is 4.93. The molecule has 0 unspecified atom stereocenters. The molecule has 15 heavy (non-hydrogen) atoms. The van der Waals surface area contributed by atoms with E-state index in [1.165, 1.54) is 5.56 Å². The maximum atomic E-state index is 5.71. The van der Waals surface area contributed by atoms with Crippen LogP contribution in [0.4, 0.5) is 0 Å². The van der Waals surface area contributed by atoms with Crippen LogP contribution in [0.1, 0.15) is 5.56 Å². The van der Waals surface area contributed by atoms with Gasteiger partial charge in [0.25, 0.3) is 0 Å². The van der Waals surface area contributed by atoms with Gasteiger partial charge in [0.05, 0.1) is 0 Å². The molecule has 1 aromatic rings. The van der Waals surface area contributed by atoms with Crippen molar-refractivity contribution >= 4 is 18.4 Å². The molecule has 0 bridgehead atoms. The van der Waals surface area contributed by atoms with E-state index in [0.717, 1.165) is 17.0 Å². The fourth-order valence-corrected chi connectivity index (χ4v) is 3.24. The maximum absolute atomic E-state index is 5.71. The van der Waals surface area contributed by atoms with Crippen LogP contribution in [-0.4, -0.2) is 30.1 Å². The van der Waals surface area contributed by atoms with Crippen molar-refractivity contribution in [2.75, 3.05) is 11.7 Å². The van der Waals surface area contributed by atoms with Crippen molar-refractivity contribution in [3.8, 4) is 5.75 Å². The standard InChI is InChI=1S/C9H11O2.3CH3.Sn/c1-10-7-8-3-5-9(11-2)6-4-8;;;;/h3-6H,1,7H2,2H3;3*1H3;. The normalized spacial score (nSPS) is 11.5. The summed E-state index contributed by atoms with van der Waals surface area (Å²) in [6.07, 6.45) is 0. The molecule has 1 aromatic carbocycles. The summed E-state index contributed by atoms with van der Waals surface area (Å²) < 4.78 is 11.8. The molecule has 0 saturated heterocycles.